The Morgan fingerprint density at radius 2 is 1.92 bits per heavy atom. The summed E-state index contributed by atoms with van der Waals surface area (Å²) >= 11 is 6.56. The molecule has 0 saturated heterocycles. The number of aliphatic hydroxyl groups is 1. The number of hydrogen-bond acceptors (Lipinski definition) is 3. The number of benzene rings is 2. The van der Waals surface area contributed by atoms with Gasteiger partial charge in [0, 0.05) is 12.1 Å². The Hall–Kier alpha value is -1.26. The third-order valence-electron chi connectivity index (χ3n) is 4.43. The second-order valence-corrected chi connectivity index (χ2v) is 7.01. The lowest BCUT2D eigenvalue weighted by atomic mass is 9.85. The van der Waals surface area contributed by atoms with E-state index in [1.165, 1.54) is 0 Å². The molecule has 2 N–H and O–H groups in total. The molecular formula is C20H25Cl2NO2. The van der Waals surface area contributed by atoms with Crippen molar-refractivity contribution in [2.75, 3.05) is 0 Å². The van der Waals surface area contributed by atoms with Crippen LogP contribution in [0.15, 0.2) is 42.5 Å². The summed E-state index contributed by atoms with van der Waals surface area (Å²) in [6.45, 7) is 4.67. The average molecular weight is 382 g/mol. The summed E-state index contributed by atoms with van der Waals surface area (Å²) in [7, 11) is 0. The molecule has 2 unspecified atom stereocenters. The van der Waals surface area contributed by atoms with Gasteiger partial charge in [0.15, 0.2) is 0 Å². The number of halogens is 2. The quantitative estimate of drug-likeness (QED) is 0.789. The van der Waals surface area contributed by atoms with Gasteiger partial charge in [-0.2, -0.15) is 0 Å². The monoisotopic (exact) mass is 381 g/mol. The molecule has 0 aromatic heterocycles. The first-order valence-electron chi connectivity index (χ1n) is 8.48. The van der Waals surface area contributed by atoms with Crippen molar-refractivity contribution >= 4 is 24.0 Å². The highest BCUT2D eigenvalue weighted by Crippen LogP contribution is 2.39. The zero-order valence-corrected chi connectivity index (χ0v) is 16.1. The molecule has 2 atom stereocenters. The largest absolute Gasteiger partial charge is 0.487 e. The van der Waals surface area contributed by atoms with E-state index in [-0.39, 0.29) is 18.4 Å². The van der Waals surface area contributed by atoms with Crippen LogP contribution in [0.5, 0.6) is 5.75 Å². The first-order chi connectivity index (χ1) is 11.6. The maximum atomic E-state index is 10.6. The maximum absolute atomic E-state index is 10.6. The van der Waals surface area contributed by atoms with Gasteiger partial charge in [-0.05, 0) is 35.6 Å². The number of hydrogen-bond donors (Lipinski definition) is 2. The lowest BCUT2D eigenvalue weighted by Gasteiger charge is -2.33. The molecule has 1 aliphatic carbocycles. The summed E-state index contributed by atoms with van der Waals surface area (Å²) in [4.78, 5) is 0. The SMILES string of the molecule is CC(C)NC1CCc2c(ccc(OCc3ccccc3)c2Cl)C1O.Cl. The lowest BCUT2D eigenvalue weighted by Crippen LogP contribution is -2.42. The van der Waals surface area contributed by atoms with E-state index < -0.39 is 6.10 Å². The zero-order chi connectivity index (χ0) is 17.1. The van der Waals surface area contributed by atoms with Crippen molar-refractivity contribution in [2.24, 2.45) is 0 Å². The molecule has 1 aliphatic rings. The van der Waals surface area contributed by atoms with Crippen molar-refractivity contribution in [2.45, 2.75) is 51.5 Å². The predicted octanol–water partition coefficient (Wildman–Crippen LogP) is 4.69. The van der Waals surface area contributed by atoms with Crippen LogP contribution in [0.4, 0.5) is 0 Å². The molecule has 136 valence electrons. The van der Waals surface area contributed by atoms with Crippen LogP contribution in [0.3, 0.4) is 0 Å². The highest BCUT2D eigenvalue weighted by atomic mass is 35.5. The average Bonchev–Trinajstić information content (AvgIpc) is 2.57. The van der Waals surface area contributed by atoms with Gasteiger partial charge in [-0.25, -0.2) is 0 Å². The van der Waals surface area contributed by atoms with Crippen LogP contribution in [0.25, 0.3) is 0 Å². The molecular weight excluding hydrogens is 357 g/mol. The second-order valence-electron chi connectivity index (χ2n) is 6.63. The summed E-state index contributed by atoms with van der Waals surface area (Å²) in [6, 6.07) is 14.2. The van der Waals surface area contributed by atoms with Crippen LogP contribution in [-0.2, 0) is 13.0 Å². The fourth-order valence-corrected chi connectivity index (χ4v) is 3.59. The van der Waals surface area contributed by atoms with E-state index in [2.05, 4.69) is 19.2 Å². The topological polar surface area (TPSA) is 41.5 Å². The molecule has 0 heterocycles. The van der Waals surface area contributed by atoms with Gasteiger partial charge in [0.2, 0.25) is 0 Å². The Bertz CT molecular complexity index is 692. The minimum absolute atomic E-state index is 0. The molecule has 25 heavy (non-hydrogen) atoms. The van der Waals surface area contributed by atoms with Gasteiger partial charge in [0.05, 0.1) is 11.1 Å². The number of aliphatic hydroxyl groups excluding tert-OH is 1. The van der Waals surface area contributed by atoms with Crippen LogP contribution in [0, 0.1) is 0 Å². The van der Waals surface area contributed by atoms with E-state index in [9.17, 15) is 5.11 Å². The summed E-state index contributed by atoms with van der Waals surface area (Å²) in [6.07, 6.45) is 1.18. The fourth-order valence-electron chi connectivity index (χ4n) is 3.27. The molecule has 3 nitrogen and oxygen atoms in total. The van der Waals surface area contributed by atoms with E-state index >= 15 is 0 Å². The van der Waals surface area contributed by atoms with Crippen molar-refractivity contribution in [3.8, 4) is 5.75 Å². The Balaban J connectivity index is 0.00000225. The van der Waals surface area contributed by atoms with E-state index in [1.54, 1.807) is 0 Å². The van der Waals surface area contributed by atoms with Crippen molar-refractivity contribution in [3.63, 3.8) is 0 Å². The fraction of sp³-hybridized carbons (Fsp3) is 0.400. The van der Waals surface area contributed by atoms with Crippen molar-refractivity contribution in [3.05, 3.63) is 64.2 Å². The summed E-state index contributed by atoms with van der Waals surface area (Å²) in [5, 5.41) is 14.7. The maximum Gasteiger partial charge on any atom is 0.138 e. The van der Waals surface area contributed by atoms with Crippen LogP contribution in [-0.4, -0.2) is 17.2 Å². The van der Waals surface area contributed by atoms with Crippen LogP contribution < -0.4 is 10.1 Å². The standard InChI is InChI=1S/C20H24ClNO2.ClH/c1-13(2)22-17-10-8-15-16(20(17)23)9-11-18(19(15)21)24-12-14-6-4-3-5-7-14;/h3-7,9,11,13,17,20,22-23H,8,10,12H2,1-2H3;1H. The second kappa shape index (κ2) is 8.91. The summed E-state index contributed by atoms with van der Waals surface area (Å²) in [5.41, 5.74) is 3.03. The summed E-state index contributed by atoms with van der Waals surface area (Å²) in [5.74, 6) is 0.682. The zero-order valence-electron chi connectivity index (χ0n) is 14.5. The van der Waals surface area contributed by atoms with Gasteiger partial charge in [0.25, 0.3) is 0 Å². The molecule has 2 aromatic carbocycles. The Labute approximate surface area is 160 Å². The number of nitrogens with one attached hydrogen (secondary N) is 1. The summed E-state index contributed by atoms with van der Waals surface area (Å²) < 4.78 is 5.89. The van der Waals surface area contributed by atoms with Crippen LogP contribution in [0.2, 0.25) is 5.02 Å². The normalized spacial score (nSPS) is 19.2. The molecule has 0 fully saturated rings. The highest BCUT2D eigenvalue weighted by molar-refractivity contribution is 6.33. The van der Waals surface area contributed by atoms with Gasteiger partial charge >= 0.3 is 0 Å². The number of fused-ring (bicyclic) bond motifs is 1. The highest BCUT2D eigenvalue weighted by Gasteiger charge is 2.30. The van der Waals surface area contributed by atoms with Crippen LogP contribution in [0.1, 0.15) is 43.1 Å². The van der Waals surface area contributed by atoms with E-state index in [4.69, 9.17) is 16.3 Å². The van der Waals surface area contributed by atoms with Gasteiger partial charge in [-0.15, -0.1) is 12.4 Å². The van der Waals surface area contributed by atoms with Gasteiger partial charge in [-0.1, -0.05) is 61.8 Å². The lowest BCUT2D eigenvalue weighted by molar-refractivity contribution is 0.110. The van der Waals surface area contributed by atoms with E-state index in [1.807, 2.05) is 42.5 Å². The number of ether oxygens (including phenoxy) is 1. The molecule has 3 rings (SSSR count). The van der Waals surface area contributed by atoms with Crippen molar-refractivity contribution in [1.29, 1.82) is 0 Å². The molecule has 0 aliphatic heterocycles. The Morgan fingerprint density at radius 3 is 2.60 bits per heavy atom. The van der Waals surface area contributed by atoms with E-state index in [0.717, 1.165) is 29.5 Å². The van der Waals surface area contributed by atoms with Gasteiger partial charge < -0.3 is 15.2 Å². The molecule has 0 saturated carbocycles. The minimum atomic E-state index is -0.531. The van der Waals surface area contributed by atoms with E-state index in [0.29, 0.717) is 23.4 Å². The van der Waals surface area contributed by atoms with Crippen molar-refractivity contribution in [1.82, 2.24) is 5.32 Å². The van der Waals surface area contributed by atoms with Crippen molar-refractivity contribution < 1.29 is 9.84 Å². The molecule has 0 amide bonds. The minimum Gasteiger partial charge on any atom is -0.487 e. The molecule has 0 radical (unpaired) electrons. The Kier molecular flexibility index (Phi) is 7.14. The van der Waals surface area contributed by atoms with Gasteiger partial charge in [0.1, 0.15) is 12.4 Å². The molecule has 0 spiro atoms. The third kappa shape index (κ3) is 4.68. The first kappa shape index (κ1) is 20.1. The Morgan fingerprint density at radius 1 is 1.20 bits per heavy atom. The van der Waals surface area contributed by atoms with Gasteiger partial charge in [-0.3, -0.25) is 0 Å². The molecule has 0 bridgehead atoms. The smallest absolute Gasteiger partial charge is 0.138 e. The number of rotatable bonds is 5. The first-order valence-corrected chi connectivity index (χ1v) is 8.86. The predicted molar refractivity (Wildman–Crippen MR) is 105 cm³/mol. The molecule has 2 aromatic rings. The van der Waals surface area contributed by atoms with Crippen LogP contribution >= 0.6 is 24.0 Å². The molecule has 5 heteroatoms. The third-order valence-corrected chi connectivity index (χ3v) is 4.85.